The highest BCUT2D eigenvalue weighted by Gasteiger charge is 2.28. The third kappa shape index (κ3) is 4.91. The number of likely N-dealkylation sites (tertiary alicyclic amines) is 1. The Morgan fingerprint density at radius 1 is 0.905 bits per heavy atom. The molecule has 1 atom stereocenters. The highest BCUT2D eigenvalue weighted by atomic mass is 32.2. The first kappa shape index (κ1) is 17.2. The first-order valence-corrected chi connectivity index (χ1v) is 9.93. The minimum atomic E-state index is -3.31. The first-order chi connectivity index (χ1) is 10.0. The van der Waals surface area contributed by atoms with Crippen LogP contribution in [0.1, 0.15) is 52.4 Å². The highest BCUT2D eigenvalue weighted by Crippen LogP contribution is 2.18. The molecule has 0 spiro atoms. The monoisotopic (exact) mass is 317 g/mol. The van der Waals surface area contributed by atoms with Crippen LogP contribution in [0.15, 0.2) is 0 Å². The molecule has 0 radical (unpaired) electrons. The summed E-state index contributed by atoms with van der Waals surface area (Å²) in [5, 5.41) is 0. The summed E-state index contributed by atoms with van der Waals surface area (Å²) in [5.74, 6) is 0.468. The van der Waals surface area contributed by atoms with Crippen LogP contribution < -0.4 is 4.72 Å². The molecule has 124 valence electrons. The molecule has 1 unspecified atom stereocenters. The van der Waals surface area contributed by atoms with Crippen molar-refractivity contribution >= 4 is 10.2 Å². The predicted octanol–water partition coefficient (Wildman–Crippen LogP) is 1.82. The molecule has 0 aromatic heterocycles. The third-order valence-electron chi connectivity index (χ3n) is 4.76. The van der Waals surface area contributed by atoms with Gasteiger partial charge >= 0.3 is 0 Å². The van der Waals surface area contributed by atoms with Gasteiger partial charge in [-0.2, -0.15) is 12.7 Å². The molecular formula is C15H31N3O2S. The number of hydrogen-bond donors (Lipinski definition) is 1. The molecule has 6 heteroatoms. The van der Waals surface area contributed by atoms with Crippen LogP contribution in [0.2, 0.25) is 0 Å². The maximum Gasteiger partial charge on any atom is 0.279 e. The van der Waals surface area contributed by atoms with Gasteiger partial charge in [-0.15, -0.1) is 0 Å². The number of hydrogen-bond acceptors (Lipinski definition) is 3. The summed E-state index contributed by atoms with van der Waals surface area (Å²) in [4.78, 5) is 2.44. The van der Waals surface area contributed by atoms with E-state index < -0.39 is 10.2 Å². The van der Waals surface area contributed by atoms with Crippen molar-refractivity contribution in [2.75, 3.05) is 32.7 Å². The van der Waals surface area contributed by atoms with Crippen LogP contribution >= 0.6 is 0 Å². The Hall–Kier alpha value is -0.170. The van der Waals surface area contributed by atoms with Crippen LogP contribution in [0.5, 0.6) is 0 Å². The van der Waals surface area contributed by atoms with Crippen LogP contribution in [-0.4, -0.2) is 56.4 Å². The molecule has 2 heterocycles. The van der Waals surface area contributed by atoms with E-state index in [1.165, 1.54) is 12.8 Å². The maximum absolute atomic E-state index is 12.5. The van der Waals surface area contributed by atoms with E-state index in [0.717, 1.165) is 38.8 Å². The summed E-state index contributed by atoms with van der Waals surface area (Å²) in [6.07, 6.45) is 6.74. The van der Waals surface area contributed by atoms with Crippen molar-refractivity contribution in [1.29, 1.82) is 0 Å². The first-order valence-electron chi connectivity index (χ1n) is 8.49. The number of nitrogens with one attached hydrogen (secondary N) is 1. The van der Waals surface area contributed by atoms with Gasteiger partial charge in [0.25, 0.3) is 10.2 Å². The van der Waals surface area contributed by atoms with Gasteiger partial charge in [-0.1, -0.05) is 26.7 Å². The molecule has 0 aromatic carbocycles. The lowest BCUT2D eigenvalue weighted by Gasteiger charge is -2.31. The smallest absolute Gasteiger partial charge is 0.279 e. The van der Waals surface area contributed by atoms with Crippen molar-refractivity contribution < 1.29 is 8.42 Å². The molecule has 5 nitrogen and oxygen atoms in total. The van der Waals surface area contributed by atoms with E-state index in [9.17, 15) is 8.42 Å². The molecule has 0 bridgehead atoms. The van der Waals surface area contributed by atoms with E-state index in [-0.39, 0.29) is 0 Å². The van der Waals surface area contributed by atoms with Crippen LogP contribution in [-0.2, 0) is 10.2 Å². The van der Waals surface area contributed by atoms with Gasteiger partial charge in [-0.3, -0.25) is 4.90 Å². The van der Waals surface area contributed by atoms with Crippen LogP contribution in [0, 0.1) is 5.92 Å². The third-order valence-corrected chi connectivity index (χ3v) is 6.34. The van der Waals surface area contributed by atoms with Gasteiger partial charge in [-0.05, 0) is 44.7 Å². The Bertz CT molecular complexity index is 397. The average Bonchev–Trinajstić information content (AvgIpc) is 2.79. The van der Waals surface area contributed by atoms with Gasteiger partial charge in [0.15, 0.2) is 0 Å². The molecule has 2 fully saturated rings. The van der Waals surface area contributed by atoms with Gasteiger partial charge in [0.05, 0.1) is 0 Å². The van der Waals surface area contributed by atoms with Gasteiger partial charge in [-0.25, -0.2) is 4.72 Å². The summed E-state index contributed by atoms with van der Waals surface area (Å²) in [5.41, 5.74) is 0. The van der Waals surface area contributed by atoms with E-state index >= 15 is 0 Å². The standard InChI is InChI=1S/C15H31N3O2S/c1-14(2)15(17-9-7-8-10-17)13-16-21(19,20)18-11-5-3-4-6-12-18/h14-16H,3-13H2,1-2H3. The number of rotatable bonds is 6. The predicted molar refractivity (Wildman–Crippen MR) is 86.4 cm³/mol. The molecular weight excluding hydrogens is 286 g/mol. The van der Waals surface area contributed by atoms with E-state index in [2.05, 4.69) is 23.5 Å². The van der Waals surface area contributed by atoms with Gasteiger partial charge in [0.1, 0.15) is 0 Å². The zero-order chi connectivity index (χ0) is 15.3. The van der Waals surface area contributed by atoms with Crippen molar-refractivity contribution in [2.24, 2.45) is 5.92 Å². The molecule has 2 aliphatic heterocycles. The normalized spacial score (nSPS) is 24.3. The second-order valence-corrected chi connectivity index (χ2v) is 8.48. The molecule has 0 aliphatic carbocycles. The fraction of sp³-hybridized carbons (Fsp3) is 1.00. The zero-order valence-electron chi connectivity index (χ0n) is 13.6. The Balaban J connectivity index is 1.91. The minimum Gasteiger partial charge on any atom is -0.299 e. The van der Waals surface area contributed by atoms with Crippen molar-refractivity contribution in [3.63, 3.8) is 0 Å². The Morgan fingerprint density at radius 3 is 1.95 bits per heavy atom. The number of nitrogens with zero attached hydrogens (tertiary/aromatic N) is 2. The van der Waals surface area contributed by atoms with Crippen LogP contribution in [0.4, 0.5) is 0 Å². The Labute approximate surface area is 130 Å². The molecule has 0 aromatic rings. The van der Waals surface area contributed by atoms with E-state index in [0.29, 0.717) is 31.6 Å². The highest BCUT2D eigenvalue weighted by molar-refractivity contribution is 7.87. The van der Waals surface area contributed by atoms with Crippen LogP contribution in [0.25, 0.3) is 0 Å². The summed E-state index contributed by atoms with van der Waals surface area (Å²) in [7, 11) is -3.31. The SMILES string of the molecule is CC(C)C(CNS(=O)(=O)N1CCCCCC1)N1CCCC1. The van der Waals surface area contributed by atoms with Crippen LogP contribution in [0.3, 0.4) is 0 Å². The fourth-order valence-corrected chi connectivity index (χ4v) is 4.73. The molecule has 21 heavy (non-hydrogen) atoms. The molecule has 2 saturated heterocycles. The lowest BCUT2D eigenvalue weighted by Crippen LogP contribution is -2.49. The molecule has 0 amide bonds. The van der Waals surface area contributed by atoms with Crippen molar-refractivity contribution in [3.05, 3.63) is 0 Å². The topological polar surface area (TPSA) is 52.7 Å². The van der Waals surface area contributed by atoms with E-state index in [1.807, 2.05) is 0 Å². The molecule has 2 aliphatic rings. The Morgan fingerprint density at radius 2 is 1.43 bits per heavy atom. The van der Waals surface area contributed by atoms with E-state index in [4.69, 9.17) is 0 Å². The molecule has 1 N–H and O–H groups in total. The molecule has 2 rings (SSSR count). The van der Waals surface area contributed by atoms with Gasteiger partial charge in [0, 0.05) is 25.7 Å². The molecule has 0 saturated carbocycles. The average molecular weight is 317 g/mol. The van der Waals surface area contributed by atoms with Crippen molar-refractivity contribution in [3.8, 4) is 0 Å². The quantitative estimate of drug-likeness (QED) is 0.813. The van der Waals surface area contributed by atoms with Gasteiger partial charge < -0.3 is 0 Å². The summed E-state index contributed by atoms with van der Waals surface area (Å²) < 4.78 is 29.5. The Kier molecular flexibility index (Phi) is 6.47. The van der Waals surface area contributed by atoms with Gasteiger partial charge in [0.2, 0.25) is 0 Å². The minimum absolute atomic E-state index is 0.314. The second-order valence-electron chi connectivity index (χ2n) is 6.72. The lowest BCUT2D eigenvalue weighted by molar-refractivity contribution is 0.192. The van der Waals surface area contributed by atoms with Crippen molar-refractivity contribution in [2.45, 2.75) is 58.4 Å². The fourth-order valence-electron chi connectivity index (χ4n) is 3.42. The van der Waals surface area contributed by atoms with E-state index in [1.54, 1.807) is 4.31 Å². The second kappa shape index (κ2) is 7.90. The maximum atomic E-state index is 12.5. The summed E-state index contributed by atoms with van der Waals surface area (Å²) >= 11 is 0. The van der Waals surface area contributed by atoms with Crippen molar-refractivity contribution in [1.82, 2.24) is 13.9 Å². The largest absolute Gasteiger partial charge is 0.299 e. The lowest BCUT2D eigenvalue weighted by atomic mass is 10.0. The summed E-state index contributed by atoms with van der Waals surface area (Å²) in [6, 6.07) is 0.314. The summed E-state index contributed by atoms with van der Waals surface area (Å²) in [6.45, 7) is 8.46. The zero-order valence-corrected chi connectivity index (χ0v) is 14.4.